The first kappa shape index (κ1) is 5.01. The lowest BCUT2D eigenvalue weighted by molar-refractivity contribution is -0.113. The summed E-state index contributed by atoms with van der Waals surface area (Å²) in [6, 6.07) is 0. The molecular weight excluding hydrogens is 80.0 g/mol. The predicted octanol–water partition coefficient (Wildman–Crippen LogP) is -0.732. The molecule has 0 saturated carbocycles. The molecule has 0 spiro atoms. The number of hydrogen-bond donors (Lipinski definition) is 1. The van der Waals surface area contributed by atoms with E-state index in [-0.39, 0.29) is 0 Å². The summed E-state index contributed by atoms with van der Waals surface area (Å²) in [6.45, 7) is 0. The van der Waals surface area contributed by atoms with E-state index in [1.165, 1.54) is 0 Å². The highest BCUT2D eigenvalue weighted by molar-refractivity contribution is 5.85. The Morgan fingerprint density at radius 2 is 2.33 bits per heavy atom. The second-order valence-corrected chi connectivity index (χ2v) is 0.736. The second-order valence-electron chi connectivity index (χ2n) is 0.736. The summed E-state index contributed by atoms with van der Waals surface area (Å²) >= 11 is 0. The van der Waals surface area contributed by atoms with Gasteiger partial charge in [-0.15, -0.1) is 0 Å². The van der Waals surface area contributed by atoms with Gasteiger partial charge in [-0.2, -0.15) is 0 Å². The molecule has 33 valence electrons. The van der Waals surface area contributed by atoms with Crippen molar-refractivity contribution in [1.29, 1.82) is 0 Å². The van der Waals surface area contributed by atoms with Crippen LogP contribution in [0.3, 0.4) is 0 Å². The minimum atomic E-state index is -0.579. The first-order valence-electron chi connectivity index (χ1n) is 1.40. The SMILES string of the molecule is [NH]C=CC(N)=O. The van der Waals surface area contributed by atoms with Crippen LogP contribution in [0.1, 0.15) is 0 Å². The summed E-state index contributed by atoms with van der Waals surface area (Å²) in [5.74, 6) is -0.579. The van der Waals surface area contributed by atoms with Gasteiger partial charge in [-0.1, -0.05) is 0 Å². The molecule has 0 bridgehead atoms. The summed E-state index contributed by atoms with van der Waals surface area (Å²) in [6.07, 6.45) is 1.82. The minimum absolute atomic E-state index is 0.579. The lowest BCUT2D eigenvalue weighted by Crippen LogP contribution is -2.05. The van der Waals surface area contributed by atoms with Crippen molar-refractivity contribution >= 4 is 5.91 Å². The van der Waals surface area contributed by atoms with Crippen LogP contribution in [-0.2, 0) is 4.79 Å². The molecule has 0 unspecified atom stereocenters. The Bertz CT molecular complexity index is 76.9. The van der Waals surface area contributed by atoms with E-state index in [9.17, 15) is 4.79 Å². The highest BCUT2D eigenvalue weighted by Crippen LogP contribution is 1.56. The average Bonchev–Trinajstić information content (AvgIpc) is 1.35. The maximum atomic E-state index is 9.61. The fourth-order valence-corrected chi connectivity index (χ4v) is 0.0821. The van der Waals surface area contributed by atoms with Gasteiger partial charge in [0.2, 0.25) is 5.91 Å². The fraction of sp³-hybridized carbons (Fsp3) is 0. The smallest absolute Gasteiger partial charge is 0.242 e. The van der Waals surface area contributed by atoms with Crippen LogP contribution < -0.4 is 11.5 Å². The number of primary amides is 1. The molecule has 0 aromatic carbocycles. The van der Waals surface area contributed by atoms with Crippen LogP contribution in [0, 0.1) is 0 Å². The third kappa shape index (κ3) is 3.01. The largest absolute Gasteiger partial charge is 0.366 e. The van der Waals surface area contributed by atoms with Gasteiger partial charge >= 0.3 is 0 Å². The Morgan fingerprint density at radius 1 is 1.83 bits per heavy atom. The van der Waals surface area contributed by atoms with Gasteiger partial charge in [0, 0.05) is 12.3 Å². The Kier molecular flexibility index (Phi) is 1.89. The van der Waals surface area contributed by atoms with Crippen LogP contribution in [-0.4, -0.2) is 5.91 Å². The standard InChI is InChI=1S/C3H5N2O/c4-2-1-3(5)6/h1-2,4H,(H2,5,6). The highest BCUT2D eigenvalue weighted by Gasteiger charge is 1.74. The summed E-state index contributed by atoms with van der Waals surface area (Å²) in [5.41, 5.74) is 10.8. The van der Waals surface area contributed by atoms with Crippen LogP contribution in [0.4, 0.5) is 0 Å². The Hall–Kier alpha value is -0.990. The molecule has 0 fully saturated rings. The Morgan fingerprint density at radius 3 is 2.33 bits per heavy atom. The zero-order valence-electron chi connectivity index (χ0n) is 3.14. The molecular formula is C3H5N2O. The van der Waals surface area contributed by atoms with Gasteiger partial charge < -0.3 is 11.5 Å². The number of amides is 1. The first-order valence-corrected chi connectivity index (χ1v) is 1.40. The number of nitrogens with two attached hydrogens (primary N) is 1. The molecule has 3 heteroatoms. The molecule has 3 nitrogen and oxygen atoms in total. The summed E-state index contributed by atoms with van der Waals surface area (Å²) in [5, 5.41) is 0. The molecule has 0 aromatic rings. The topological polar surface area (TPSA) is 66.9 Å². The zero-order chi connectivity index (χ0) is 4.99. The van der Waals surface area contributed by atoms with Crippen LogP contribution in [0.5, 0.6) is 0 Å². The van der Waals surface area contributed by atoms with Crippen molar-refractivity contribution < 1.29 is 4.79 Å². The van der Waals surface area contributed by atoms with E-state index in [0.29, 0.717) is 0 Å². The van der Waals surface area contributed by atoms with Gasteiger partial charge in [-0.05, 0) is 0 Å². The van der Waals surface area contributed by atoms with Crippen molar-refractivity contribution in [3.8, 4) is 0 Å². The van der Waals surface area contributed by atoms with Crippen LogP contribution >= 0.6 is 0 Å². The van der Waals surface area contributed by atoms with Gasteiger partial charge in [0.1, 0.15) is 0 Å². The number of carbonyl (C=O) groups excluding carboxylic acids is 1. The summed E-state index contributed by atoms with van der Waals surface area (Å²) < 4.78 is 0. The monoisotopic (exact) mass is 85.0 g/mol. The second kappa shape index (κ2) is 2.26. The van der Waals surface area contributed by atoms with Gasteiger partial charge in [0.15, 0.2) is 0 Å². The minimum Gasteiger partial charge on any atom is -0.366 e. The van der Waals surface area contributed by atoms with E-state index < -0.39 is 5.91 Å². The maximum Gasteiger partial charge on any atom is 0.242 e. The average molecular weight is 85.1 g/mol. The number of carbonyl (C=O) groups is 1. The molecule has 0 saturated heterocycles. The molecule has 3 N–H and O–H groups in total. The van der Waals surface area contributed by atoms with Crippen LogP contribution in [0.25, 0.3) is 0 Å². The molecule has 0 aromatic heterocycles. The van der Waals surface area contributed by atoms with Crippen molar-refractivity contribution in [2.24, 2.45) is 5.73 Å². The molecule has 0 rings (SSSR count). The van der Waals surface area contributed by atoms with E-state index in [0.717, 1.165) is 12.3 Å². The van der Waals surface area contributed by atoms with Gasteiger partial charge in [0.05, 0.1) is 0 Å². The van der Waals surface area contributed by atoms with Crippen molar-refractivity contribution in [2.45, 2.75) is 0 Å². The van der Waals surface area contributed by atoms with Crippen molar-refractivity contribution in [3.63, 3.8) is 0 Å². The molecule has 6 heavy (non-hydrogen) atoms. The molecule has 0 atom stereocenters. The van der Waals surface area contributed by atoms with E-state index in [2.05, 4.69) is 5.73 Å². The molecule has 0 aliphatic heterocycles. The lowest BCUT2D eigenvalue weighted by Gasteiger charge is -1.69. The lowest BCUT2D eigenvalue weighted by atomic mass is 10.6. The fourth-order valence-electron chi connectivity index (χ4n) is 0.0821. The molecule has 0 aliphatic rings. The Balaban J connectivity index is 3.30. The summed E-state index contributed by atoms with van der Waals surface area (Å²) in [4.78, 5) is 9.61. The number of hydrogen-bond acceptors (Lipinski definition) is 1. The van der Waals surface area contributed by atoms with Crippen LogP contribution in [0.2, 0.25) is 0 Å². The third-order valence-corrected chi connectivity index (χ3v) is 0.248. The van der Waals surface area contributed by atoms with Gasteiger partial charge in [0.25, 0.3) is 0 Å². The first-order chi connectivity index (χ1) is 2.77. The molecule has 1 radical (unpaired) electrons. The quantitative estimate of drug-likeness (QED) is 0.419. The highest BCUT2D eigenvalue weighted by atomic mass is 16.1. The van der Waals surface area contributed by atoms with Crippen LogP contribution in [0.15, 0.2) is 12.3 Å². The molecule has 0 heterocycles. The Labute approximate surface area is 35.6 Å². The van der Waals surface area contributed by atoms with Crippen molar-refractivity contribution in [2.75, 3.05) is 0 Å². The third-order valence-electron chi connectivity index (χ3n) is 0.248. The maximum absolute atomic E-state index is 9.61. The van der Waals surface area contributed by atoms with E-state index in [1.807, 2.05) is 0 Å². The normalized spacial score (nSPS) is 9.33. The summed E-state index contributed by atoms with van der Waals surface area (Å²) in [7, 11) is 0. The zero-order valence-corrected chi connectivity index (χ0v) is 3.14. The van der Waals surface area contributed by atoms with Crippen molar-refractivity contribution in [3.05, 3.63) is 12.3 Å². The van der Waals surface area contributed by atoms with Gasteiger partial charge in [-0.25, -0.2) is 0 Å². The molecule has 1 amide bonds. The van der Waals surface area contributed by atoms with Gasteiger partial charge in [-0.3, -0.25) is 4.79 Å². The van der Waals surface area contributed by atoms with E-state index in [1.54, 1.807) is 0 Å². The van der Waals surface area contributed by atoms with E-state index >= 15 is 0 Å². The number of rotatable bonds is 1. The van der Waals surface area contributed by atoms with Crippen molar-refractivity contribution in [1.82, 2.24) is 5.73 Å². The number of nitrogens with one attached hydrogen (secondary N) is 1. The molecule has 0 aliphatic carbocycles. The van der Waals surface area contributed by atoms with E-state index in [4.69, 9.17) is 5.73 Å². The predicted molar refractivity (Wildman–Crippen MR) is 21.4 cm³/mol.